The van der Waals surface area contributed by atoms with Crippen LogP contribution in [0.25, 0.3) is 0 Å². The molecule has 0 aliphatic heterocycles. The fraction of sp³-hybridized carbons (Fsp3) is 0.385. The third-order valence-corrected chi connectivity index (χ3v) is 2.47. The van der Waals surface area contributed by atoms with Gasteiger partial charge in [0.25, 0.3) is 0 Å². The van der Waals surface area contributed by atoms with E-state index in [1.54, 1.807) is 0 Å². The molecule has 0 fully saturated rings. The second kappa shape index (κ2) is 7.34. The highest BCUT2D eigenvalue weighted by Crippen LogP contribution is 2.06. The Hall–Kier alpha value is -0.970. The molecular weight excluding hydrogens is 206 g/mol. The molecule has 1 rings (SSSR count). The molecule has 0 amide bonds. The van der Waals surface area contributed by atoms with Crippen molar-refractivity contribution in [3.63, 3.8) is 0 Å². The molecule has 0 aliphatic rings. The molecule has 0 saturated heterocycles. The van der Waals surface area contributed by atoms with Crippen LogP contribution < -0.4 is 12.4 Å². The molecular formula is C13H17ClN-. The van der Waals surface area contributed by atoms with Gasteiger partial charge in [0.2, 0.25) is 0 Å². The van der Waals surface area contributed by atoms with Crippen molar-refractivity contribution >= 4 is 0 Å². The molecule has 0 heterocycles. The Morgan fingerprint density at radius 2 is 1.93 bits per heavy atom. The Morgan fingerprint density at radius 1 is 1.33 bits per heavy atom. The maximum Gasteiger partial charge on any atom is 0.0598 e. The van der Waals surface area contributed by atoms with E-state index in [1.165, 1.54) is 5.56 Å². The van der Waals surface area contributed by atoms with Gasteiger partial charge in [0.05, 0.1) is 6.54 Å². The summed E-state index contributed by atoms with van der Waals surface area (Å²) in [4.78, 5) is 2.19. The number of nitrogens with zero attached hydrogens (tertiary/aromatic N) is 1. The minimum absolute atomic E-state index is 0. The van der Waals surface area contributed by atoms with Gasteiger partial charge in [-0.25, -0.2) is 0 Å². The van der Waals surface area contributed by atoms with Crippen molar-refractivity contribution in [1.29, 1.82) is 0 Å². The second-order valence-electron chi connectivity index (χ2n) is 3.66. The highest BCUT2D eigenvalue weighted by Gasteiger charge is 2.07. The Kier molecular flexibility index (Phi) is 6.86. The van der Waals surface area contributed by atoms with E-state index < -0.39 is 0 Å². The Balaban J connectivity index is 0.00000196. The molecule has 0 spiro atoms. The zero-order valence-corrected chi connectivity index (χ0v) is 10.0. The van der Waals surface area contributed by atoms with Gasteiger partial charge in [-0.15, -0.1) is 6.42 Å². The molecule has 82 valence electrons. The molecule has 0 bridgehead atoms. The molecule has 2 heteroatoms. The summed E-state index contributed by atoms with van der Waals surface area (Å²) in [7, 11) is 2.06. The molecule has 0 N–H and O–H groups in total. The van der Waals surface area contributed by atoms with Crippen LogP contribution in [0.2, 0.25) is 0 Å². The van der Waals surface area contributed by atoms with Crippen molar-refractivity contribution in [1.82, 2.24) is 4.90 Å². The third kappa shape index (κ3) is 4.88. The Morgan fingerprint density at radius 3 is 2.47 bits per heavy atom. The summed E-state index contributed by atoms with van der Waals surface area (Å²) in [6, 6.07) is 11.0. The quantitative estimate of drug-likeness (QED) is 0.603. The molecule has 15 heavy (non-hydrogen) atoms. The SMILES string of the molecule is C#CCN(C)[C@H](C)Cc1ccccc1.[Cl-]. The first-order valence-corrected chi connectivity index (χ1v) is 4.91. The van der Waals surface area contributed by atoms with E-state index in [1.807, 2.05) is 6.07 Å². The van der Waals surface area contributed by atoms with Crippen LogP contribution in [0, 0.1) is 12.3 Å². The zero-order chi connectivity index (χ0) is 10.4. The van der Waals surface area contributed by atoms with Crippen LogP contribution in [-0.4, -0.2) is 24.5 Å². The van der Waals surface area contributed by atoms with Crippen molar-refractivity contribution < 1.29 is 12.4 Å². The molecule has 0 saturated carbocycles. The predicted octanol–water partition coefficient (Wildman–Crippen LogP) is -0.813. The van der Waals surface area contributed by atoms with Crippen molar-refractivity contribution in [3.05, 3.63) is 35.9 Å². The highest BCUT2D eigenvalue weighted by atomic mass is 35.5. The molecule has 1 aromatic carbocycles. The van der Waals surface area contributed by atoms with Gasteiger partial charge in [-0.05, 0) is 26.0 Å². The summed E-state index contributed by atoms with van der Waals surface area (Å²) in [5, 5.41) is 0. The first-order chi connectivity index (χ1) is 6.74. The fourth-order valence-corrected chi connectivity index (χ4v) is 1.41. The summed E-state index contributed by atoms with van der Waals surface area (Å²) in [6.07, 6.45) is 6.32. The standard InChI is InChI=1S/C13H17N.ClH/c1-4-10-14(3)12(2)11-13-8-6-5-7-9-13;/h1,5-9,12H,10-11H2,2-3H3;1H/p-1/t12-;/m1./s1. The molecule has 1 atom stereocenters. The van der Waals surface area contributed by atoms with Crippen molar-refractivity contribution in [2.45, 2.75) is 19.4 Å². The van der Waals surface area contributed by atoms with Gasteiger partial charge in [0.15, 0.2) is 0 Å². The van der Waals surface area contributed by atoms with Crippen molar-refractivity contribution in [2.75, 3.05) is 13.6 Å². The van der Waals surface area contributed by atoms with Crippen LogP contribution in [0.4, 0.5) is 0 Å². The summed E-state index contributed by atoms with van der Waals surface area (Å²) in [5.74, 6) is 2.66. The smallest absolute Gasteiger partial charge is 0.0598 e. The van der Waals surface area contributed by atoms with Crippen molar-refractivity contribution in [3.8, 4) is 12.3 Å². The van der Waals surface area contributed by atoms with Gasteiger partial charge >= 0.3 is 0 Å². The first kappa shape index (κ1) is 14.0. The lowest BCUT2D eigenvalue weighted by molar-refractivity contribution is -0.00000305. The average Bonchev–Trinajstić information content (AvgIpc) is 2.19. The minimum Gasteiger partial charge on any atom is -1.00 e. The van der Waals surface area contributed by atoms with Gasteiger partial charge in [-0.2, -0.15) is 0 Å². The van der Waals surface area contributed by atoms with Gasteiger partial charge in [-0.3, -0.25) is 4.90 Å². The fourth-order valence-electron chi connectivity index (χ4n) is 1.41. The maximum absolute atomic E-state index is 5.27. The first-order valence-electron chi connectivity index (χ1n) is 4.91. The maximum atomic E-state index is 5.27. The van der Waals surface area contributed by atoms with E-state index in [9.17, 15) is 0 Å². The minimum atomic E-state index is 0. The van der Waals surface area contributed by atoms with Crippen molar-refractivity contribution in [2.24, 2.45) is 0 Å². The number of benzene rings is 1. The van der Waals surface area contributed by atoms with Crippen LogP contribution in [0.5, 0.6) is 0 Å². The number of likely N-dealkylation sites (N-methyl/N-ethyl adjacent to an activating group) is 1. The predicted molar refractivity (Wildman–Crippen MR) is 61.1 cm³/mol. The van der Waals surface area contributed by atoms with E-state index in [2.05, 4.69) is 49.1 Å². The van der Waals surface area contributed by atoms with E-state index in [0.29, 0.717) is 12.6 Å². The Bertz CT molecular complexity index is 302. The lowest BCUT2D eigenvalue weighted by Crippen LogP contribution is -3.00. The average molecular weight is 223 g/mol. The number of rotatable bonds is 4. The summed E-state index contributed by atoms with van der Waals surface area (Å²) in [5.41, 5.74) is 1.36. The van der Waals surface area contributed by atoms with Gasteiger partial charge in [0, 0.05) is 6.04 Å². The van der Waals surface area contributed by atoms with E-state index in [-0.39, 0.29) is 12.4 Å². The number of halogens is 1. The second-order valence-corrected chi connectivity index (χ2v) is 3.66. The topological polar surface area (TPSA) is 3.24 Å². The highest BCUT2D eigenvalue weighted by molar-refractivity contribution is 5.15. The van der Waals surface area contributed by atoms with E-state index in [0.717, 1.165) is 6.42 Å². The molecule has 1 nitrogen and oxygen atoms in total. The summed E-state index contributed by atoms with van der Waals surface area (Å²) < 4.78 is 0. The van der Waals surface area contributed by atoms with Crippen LogP contribution in [-0.2, 0) is 6.42 Å². The van der Waals surface area contributed by atoms with Crippen LogP contribution in [0.15, 0.2) is 30.3 Å². The monoisotopic (exact) mass is 222 g/mol. The number of terminal acetylenes is 1. The lowest BCUT2D eigenvalue weighted by Gasteiger charge is -2.22. The summed E-state index contributed by atoms with van der Waals surface area (Å²) >= 11 is 0. The van der Waals surface area contributed by atoms with Gasteiger partial charge in [0.1, 0.15) is 0 Å². The van der Waals surface area contributed by atoms with E-state index in [4.69, 9.17) is 6.42 Å². The molecule has 0 unspecified atom stereocenters. The van der Waals surface area contributed by atoms with Crippen LogP contribution in [0.1, 0.15) is 12.5 Å². The van der Waals surface area contributed by atoms with Crippen LogP contribution >= 0.6 is 0 Å². The molecule has 0 radical (unpaired) electrons. The largest absolute Gasteiger partial charge is 1.00 e. The van der Waals surface area contributed by atoms with E-state index >= 15 is 0 Å². The van der Waals surface area contributed by atoms with Gasteiger partial charge in [-0.1, -0.05) is 36.3 Å². The van der Waals surface area contributed by atoms with Crippen LogP contribution in [0.3, 0.4) is 0 Å². The number of hydrogen-bond donors (Lipinski definition) is 0. The number of hydrogen-bond acceptors (Lipinski definition) is 1. The lowest BCUT2D eigenvalue weighted by atomic mass is 10.1. The Labute approximate surface area is 98.9 Å². The third-order valence-electron chi connectivity index (χ3n) is 2.47. The molecule has 0 aromatic heterocycles. The van der Waals surface area contributed by atoms with Gasteiger partial charge < -0.3 is 12.4 Å². The summed E-state index contributed by atoms with van der Waals surface area (Å²) in [6.45, 7) is 2.92. The molecule has 1 aromatic rings. The zero-order valence-electron chi connectivity index (χ0n) is 9.28. The normalized spacial score (nSPS) is 11.6. The molecule has 0 aliphatic carbocycles.